The number of rotatable bonds is 3. The van der Waals surface area contributed by atoms with Gasteiger partial charge in [-0.3, -0.25) is 4.90 Å². The third kappa shape index (κ3) is 3.38. The lowest BCUT2D eigenvalue weighted by Gasteiger charge is -2.32. The van der Waals surface area contributed by atoms with E-state index in [1.54, 1.807) is 22.9 Å². The molecule has 1 atom stereocenters. The molecule has 0 saturated carbocycles. The van der Waals surface area contributed by atoms with E-state index in [0.29, 0.717) is 39.0 Å². The first-order valence-electron chi connectivity index (χ1n) is 7.32. The molecule has 0 amide bonds. The van der Waals surface area contributed by atoms with E-state index in [-0.39, 0.29) is 0 Å². The lowest BCUT2D eigenvalue weighted by Crippen LogP contribution is -2.38. The SMILES string of the molecule is C[C@H]1CCCCN1Cn1nc(-c2ccc(Cl)cc2Cl)oc1=S. The molecule has 2 aromatic rings. The summed E-state index contributed by atoms with van der Waals surface area (Å²) in [6, 6.07) is 5.75. The lowest BCUT2D eigenvalue weighted by atomic mass is 10.0. The van der Waals surface area contributed by atoms with Crippen LogP contribution in [0.5, 0.6) is 0 Å². The maximum atomic E-state index is 6.20. The van der Waals surface area contributed by atoms with Crippen LogP contribution in [0.2, 0.25) is 10.0 Å². The molecule has 2 heterocycles. The van der Waals surface area contributed by atoms with E-state index < -0.39 is 0 Å². The summed E-state index contributed by atoms with van der Waals surface area (Å²) in [6.07, 6.45) is 3.71. The maximum absolute atomic E-state index is 6.20. The van der Waals surface area contributed by atoms with Gasteiger partial charge in [0.1, 0.15) is 0 Å². The third-order valence-corrected chi connectivity index (χ3v) is 4.87. The lowest BCUT2D eigenvalue weighted by molar-refractivity contribution is 0.113. The summed E-state index contributed by atoms with van der Waals surface area (Å²) in [5.74, 6) is 0.427. The number of hydrogen-bond acceptors (Lipinski definition) is 4. The second-order valence-electron chi connectivity index (χ2n) is 5.60. The van der Waals surface area contributed by atoms with Crippen molar-refractivity contribution in [2.24, 2.45) is 0 Å². The molecule has 3 rings (SSSR count). The van der Waals surface area contributed by atoms with Gasteiger partial charge in [-0.25, -0.2) is 4.68 Å². The van der Waals surface area contributed by atoms with Crippen molar-refractivity contribution >= 4 is 35.4 Å². The first kappa shape index (κ1) is 16.0. The zero-order valence-corrected chi connectivity index (χ0v) is 14.6. The van der Waals surface area contributed by atoms with Crippen LogP contribution in [0.25, 0.3) is 11.5 Å². The second-order valence-corrected chi connectivity index (χ2v) is 6.79. The average Bonchev–Trinajstić information content (AvgIpc) is 2.82. The van der Waals surface area contributed by atoms with Crippen molar-refractivity contribution in [3.63, 3.8) is 0 Å². The first-order chi connectivity index (χ1) is 10.5. The Bertz CT molecular complexity index is 728. The molecule has 4 nitrogen and oxygen atoms in total. The molecule has 1 saturated heterocycles. The zero-order chi connectivity index (χ0) is 15.7. The molecule has 22 heavy (non-hydrogen) atoms. The van der Waals surface area contributed by atoms with Gasteiger partial charge in [-0.05, 0) is 50.2 Å². The fourth-order valence-corrected chi connectivity index (χ4v) is 3.37. The molecule has 0 unspecified atom stereocenters. The molecule has 1 aromatic heterocycles. The Kier molecular flexibility index (Phi) is 4.88. The molecule has 0 aliphatic carbocycles. The van der Waals surface area contributed by atoms with E-state index in [9.17, 15) is 0 Å². The minimum absolute atomic E-state index is 0.360. The summed E-state index contributed by atoms with van der Waals surface area (Å²) in [6.45, 7) is 3.95. The largest absolute Gasteiger partial charge is 0.409 e. The predicted octanol–water partition coefficient (Wildman–Crippen LogP) is 5.01. The van der Waals surface area contributed by atoms with Crippen LogP contribution in [0.4, 0.5) is 0 Å². The number of halogens is 2. The molecule has 1 aliphatic rings. The van der Waals surface area contributed by atoms with Crippen molar-refractivity contribution in [1.82, 2.24) is 14.7 Å². The third-order valence-electron chi connectivity index (χ3n) is 4.02. The van der Waals surface area contributed by atoms with Crippen LogP contribution in [0.15, 0.2) is 22.6 Å². The molecule has 118 valence electrons. The monoisotopic (exact) mass is 357 g/mol. The molecular weight excluding hydrogens is 341 g/mol. The van der Waals surface area contributed by atoms with Gasteiger partial charge in [0.25, 0.3) is 4.84 Å². The highest BCUT2D eigenvalue weighted by atomic mass is 35.5. The average molecular weight is 358 g/mol. The van der Waals surface area contributed by atoms with Gasteiger partial charge in [-0.2, -0.15) is 0 Å². The Morgan fingerprint density at radius 3 is 2.91 bits per heavy atom. The van der Waals surface area contributed by atoms with Gasteiger partial charge in [0.05, 0.1) is 17.3 Å². The Morgan fingerprint density at radius 2 is 2.18 bits per heavy atom. The summed E-state index contributed by atoms with van der Waals surface area (Å²) < 4.78 is 7.33. The van der Waals surface area contributed by atoms with Crippen molar-refractivity contribution in [1.29, 1.82) is 0 Å². The van der Waals surface area contributed by atoms with Gasteiger partial charge < -0.3 is 4.42 Å². The highest BCUT2D eigenvalue weighted by molar-refractivity contribution is 7.71. The van der Waals surface area contributed by atoms with Crippen molar-refractivity contribution in [3.05, 3.63) is 33.1 Å². The van der Waals surface area contributed by atoms with Gasteiger partial charge in [-0.1, -0.05) is 29.6 Å². The van der Waals surface area contributed by atoms with Crippen LogP contribution in [0.1, 0.15) is 26.2 Å². The summed E-state index contributed by atoms with van der Waals surface area (Å²) in [5.41, 5.74) is 0.697. The molecule has 1 aromatic carbocycles. The fourth-order valence-electron chi connectivity index (χ4n) is 2.71. The van der Waals surface area contributed by atoms with E-state index in [1.165, 1.54) is 19.3 Å². The molecule has 7 heteroatoms. The van der Waals surface area contributed by atoms with E-state index >= 15 is 0 Å². The Hall–Kier alpha value is -0.880. The van der Waals surface area contributed by atoms with Crippen molar-refractivity contribution in [3.8, 4) is 11.5 Å². The topological polar surface area (TPSA) is 34.2 Å². The Labute approximate surface area is 144 Å². The molecule has 1 fully saturated rings. The fraction of sp³-hybridized carbons (Fsp3) is 0.467. The molecule has 0 N–H and O–H groups in total. The van der Waals surface area contributed by atoms with Gasteiger partial charge >= 0.3 is 0 Å². The van der Waals surface area contributed by atoms with Crippen LogP contribution < -0.4 is 0 Å². The minimum atomic E-state index is 0.360. The quantitative estimate of drug-likeness (QED) is 0.722. The Balaban J connectivity index is 1.86. The maximum Gasteiger partial charge on any atom is 0.288 e. The number of likely N-dealkylation sites (tertiary alicyclic amines) is 1. The molecule has 0 radical (unpaired) electrons. The van der Waals surface area contributed by atoms with Crippen LogP contribution in [0, 0.1) is 4.84 Å². The molecule has 0 bridgehead atoms. The van der Waals surface area contributed by atoms with Gasteiger partial charge in [-0.15, -0.1) is 5.10 Å². The summed E-state index contributed by atoms with van der Waals surface area (Å²) in [5, 5.41) is 5.56. The number of benzene rings is 1. The second kappa shape index (κ2) is 6.71. The van der Waals surface area contributed by atoms with Crippen molar-refractivity contribution < 1.29 is 4.42 Å². The molecular formula is C15H17Cl2N3OS. The Morgan fingerprint density at radius 1 is 1.36 bits per heavy atom. The van der Waals surface area contributed by atoms with E-state index in [4.69, 9.17) is 39.8 Å². The van der Waals surface area contributed by atoms with E-state index in [2.05, 4.69) is 16.9 Å². The summed E-state index contributed by atoms with van der Waals surface area (Å²) >= 11 is 17.4. The van der Waals surface area contributed by atoms with E-state index in [0.717, 1.165) is 6.54 Å². The number of piperidine rings is 1. The highest BCUT2D eigenvalue weighted by Gasteiger charge is 2.20. The van der Waals surface area contributed by atoms with Gasteiger partial charge in [0.2, 0.25) is 5.89 Å². The van der Waals surface area contributed by atoms with Crippen molar-refractivity contribution in [2.45, 2.75) is 38.9 Å². The predicted molar refractivity (Wildman–Crippen MR) is 90.8 cm³/mol. The van der Waals surface area contributed by atoms with Crippen LogP contribution in [-0.4, -0.2) is 27.3 Å². The summed E-state index contributed by atoms with van der Waals surface area (Å²) in [7, 11) is 0. The van der Waals surface area contributed by atoms with Crippen LogP contribution in [-0.2, 0) is 6.67 Å². The van der Waals surface area contributed by atoms with Gasteiger partial charge in [0.15, 0.2) is 0 Å². The van der Waals surface area contributed by atoms with Gasteiger partial charge in [0, 0.05) is 17.6 Å². The van der Waals surface area contributed by atoms with Crippen LogP contribution in [0.3, 0.4) is 0 Å². The zero-order valence-electron chi connectivity index (χ0n) is 12.3. The standard InChI is InChI=1S/C15H17Cl2N3OS/c1-10-4-2-3-7-19(10)9-20-15(22)21-14(18-20)12-6-5-11(16)8-13(12)17/h5-6,8,10H,2-4,7,9H2,1H3/t10-/m0/s1. The number of hydrogen-bond donors (Lipinski definition) is 0. The van der Waals surface area contributed by atoms with Crippen molar-refractivity contribution in [2.75, 3.05) is 6.54 Å². The minimum Gasteiger partial charge on any atom is -0.409 e. The number of nitrogens with zero attached hydrogens (tertiary/aromatic N) is 3. The highest BCUT2D eigenvalue weighted by Crippen LogP contribution is 2.29. The first-order valence-corrected chi connectivity index (χ1v) is 8.48. The van der Waals surface area contributed by atoms with Crippen LogP contribution >= 0.6 is 35.4 Å². The smallest absolute Gasteiger partial charge is 0.288 e. The number of aromatic nitrogens is 2. The summed E-state index contributed by atoms with van der Waals surface area (Å²) in [4.78, 5) is 2.73. The molecule has 0 spiro atoms. The normalized spacial score (nSPS) is 19.5. The molecule has 1 aliphatic heterocycles. The van der Waals surface area contributed by atoms with E-state index in [1.807, 2.05) is 0 Å².